The van der Waals surface area contributed by atoms with Crippen LogP contribution in [-0.4, -0.2) is 35.8 Å². The van der Waals surface area contributed by atoms with Gasteiger partial charge in [0.2, 0.25) is 5.91 Å². The number of carbonyl (C=O) groups excluding carboxylic acids is 2. The van der Waals surface area contributed by atoms with Gasteiger partial charge in [-0.05, 0) is 44.2 Å². The molecule has 0 bridgehead atoms. The minimum absolute atomic E-state index is 0.0536. The van der Waals surface area contributed by atoms with Gasteiger partial charge in [-0.15, -0.1) is 0 Å². The zero-order valence-corrected chi connectivity index (χ0v) is 14.8. The van der Waals surface area contributed by atoms with Crippen LogP contribution in [0.15, 0.2) is 42.5 Å². The highest BCUT2D eigenvalue weighted by atomic mass is 35.5. The van der Waals surface area contributed by atoms with Crippen molar-refractivity contribution in [2.45, 2.75) is 19.9 Å². The van der Waals surface area contributed by atoms with Gasteiger partial charge in [0.1, 0.15) is 12.4 Å². The predicted molar refractivity (Wildman–Crippen MR) is 95.4 cm³/mol. The van der Waals surface area contributed by atoms with Crippen LogP contribution < -0.4 is 4.90 Å². The van der Waals surface area contributed by atoms with Crippen LogP contribution in [-0.2, 0) is 4.79 Å². The molecule has 25 heavy (non-hydrogen) atoms. The number of hydrogen-bond donors (Lipinski definition) is 0. The summed E-state index contributed by atoms with van der Waals surface area (Å²) < 4.78 is 13.5. The number of aryl methyl sites for hydroxylation is 1. The van der Waals surface area contributed by atoms with E-state index in [0.29, 0.717) is 6.54 Å². The molecular formula is C19H18ClFN2O2. The molecule has 1 fully saturated rings. The van der Waals surface area contributed by atoms with Gasteiger partial charge in [0.25, 0.3) is 5.91 Å². The number of nitrogens with zero attached hydrogens (tertiary/aromatic N) is 2. The molecule has 130 valence electrons. The molecule has 0 aliphatic carbocycles. The van der Waals surface area contributed by atoms with Crippen molar-refractivity contribution >= 4 is 29.1 Å². The zero-order chi connectivity index (χ0) is 18.1. The third-order valence-corrected chi connectivity index (χ3v) is 4.52. The molecule has 1 atom stereocenters. The van der Waals surface area contributed by atoms with Crippen molar-refractivity contribution in [2.24, 2.45) is 0 Å². The average molecular weight is 361 g/mol. The van der Waals surface area contributed by atoms with Crippen molar-refractivity contribution < 1.29 is 14.0 Å². The summed E-state index contributed by atoms with van der Waals surface area (Å²) in [6.45, 7) is 4.18. The van der Waals surface area contributed by atoms with Crippen molar-refractivity contribution in [3.63, 3.8) is 0 Å². The van der Waals surface area contributed by atoms with Gasteiger partial charge in [0.15, 0.2) is 0 Å². The lowest BCUT2D eigenvalue weighted by molar-refractivity contribution is -0.121. The van der Waals surface area contributed by atoms with Gasteiger partial charge in [0, 0.05) is 28.9 Å². The Labute approximate surface area is 150 Å². The van der Waals surface area contributed by atoms with Crippen molar-refractivity contribution in [3.8, 4) is 0 Å². The van der Waals surface area contributed by atoms with Crippen molar-refractivity contribution in [1.82, 2.24) is 4.90 Å². The van der Waals surface area contributed by atoms with E-state index in [2.05, 4.69) is 0 Å². The molecule has 0 aromatic heterocycles. The van der Waals surface area contributed by atoms with Crippen LogP contribution in [0.2, 0.25) is 5.02 Å². The number of carbonyl (C=O) groups is 2. The molecule has 2 aromatic rings. The Balaban J connectivity index is 1.81. The summed E-state index contributed by atoms with van der Waals surface area (Å²) in [4.78, 5) is 28.3. The molecule has 0 spiro atoms. The summed E-state index contributed by atoms with van der Waals surface area (Å²) >= 11 is 5.83. The molecule has 0 radical (unpaired) electrons. The summed E-state index contributed by atoms with van der Waals surface area (Å²) in [5.74, 6) is -1.14. The zero-order valence-electron chi connectivity index (χ0n) is 14.0. The Morgan fingerprint density at radius 1 is 1.20 bits per heavy atom. The summed E-state index contributed by atoms with van der Waals surface area (Å²) in [7, 11) is 0. The van der Waals surface area contributed by atoms with Crippen LogP contribution in [0, 0.1) is 12.7 Å². The van der Waals surface area contributed by atoms with E-state index in [-0.39, 0.29) is 29.1 Å². The number of hydrogen-bond acceptors (Lipinski definition) is 2. The molecule has 6 heteroatoms. The number of halogens is 2. The molecule has 0 N–H and O–H groups in total. The van der Waals surface area contributed by atoms with E-state index in [0.717, 1.165) is 23.4 Å². The second kappa shape index (κ2) is 6.84. The second-order valence-electron chi connectivity index (χ2n) is 6.28. The van der Waals surface area contributed by atoms with Crippen LogP contribution in [0.3, 0.4) is 0 Å². The standard InChI is InChI=1S/C19H18ClFN2O2/c1-12-3-5-17(6-4-12)23-10-13(2)22(11-18(23)24)19(25)14-7-15(20)9-16(21)8-14/h3-9,13H,10-11H2,1-2H3/t13-/m0/s1. The smallest absolute Gasteiger partial charge is 0.254 e. The van der Waals surface area contributed by atoms with Crippen molar-refractivity contribution in [3.05, 3.63) is 64.4 Å². The Morgan fingerprint density at radius 3 is 2.52 bits per heavy atom. The number of benzene rings is 2. The molecule has 4 nitrogen and oxygen atoms in total. The molecule has 0 unspecified atom stereocenters. The van der Waals surface area contributed by atoms with E-state index in [9.17, 15) is 14.0 Å². The van der Waals surface area contributed by atoms with Crippen LogP contribution in [0.25, 0.3) is 0 Å². The van der Waals surface area contributed by atoms with Crippen LogP contribution in [0.5, 0.6) is 0 Å². The summed E-state index contributed by atoms with van der Waals surface area (Å²) in [5.41, 5.74) is 2.07. The Hall–Kier alpha value is -2.40. The third kappa shape index (κ3) is 3.66. The van der Waals surface area contributed by atoms with Gasteiger partial charge in [0.05, 0.1) is 0 Å². The molecule has 1 heterocycles. The van der Waals surface area contributed by atoms with E-state index in [1.807, 2.05) is 38.1 Å². The third-order valence-electron chi connectivity index (χ3n) is 4.30. The average Bonchev–Trinajstić information content (AvgIpc) is 2.56. The Bertz CT molecular complexity index is 802. The van der Waals surface area contributed by atoms with E-state index in [1.165, 1.54) is 11.0 Å². The summed E-state index contributed by atoms with van der Waals surface area (Å²) in [6, 6.07) is 11.2. The lowest BCUT2D eigenvalue weighted by atomic mass is 10.1. The number of anilines is 1. The van der Waals surface area contributed by atoms with Crippen molar-refractivity contribution in [2.75, 3.05) is 18.0 Å². The Morgan fingerprint density at radius 2 is 1.88 bits per heavy atom. The summed E-state index contributed by atoms with van der Waals surface area (Å²) in [5, 5.41) is 0.153. The largest absolute Gasteiger partial charge is 0.325 e. The first-order valence-corrected chi connectivity index (χ1v) is 8.37. The quantitative estimate of drug-likeness (QED) is 0.820. The van der Waals surface area contributed by atoms with E-state index in [4.69, 9.17) is 11.6 Å². The van der Waals surface area contributed by atoms with Gasteiger partial charge < -0.3 is 9.80 Å². The van der Waals surface area contributed by atoms with Gasteiger partial charge in [-0.2, -0.15) is 0 Å². The second-order valence-corrected chi connectivity index (χ2v) is 6.72. The van der Waals surface area contributed by atoms with E-state index in [1.54, 1.807) is 4.90 Å². The molecule has 1 aliphatic heterocycles. The highest BCUT2D eigenvalue weighted by molar-refractivity contribution is 6.31. The first-order chi connectivity index (χ1) is 11.8. The monoisotopic (exact) mass is 360 g/mol. The van der Waals surface area contributed by atoms with Crippen molar-refractivity contribution in [1.29, 1.82) is 0 Å². The first-order valence-electron chi connectivity index (χ1n) is 7.99. The fraction of sp³-hybridized carbons (Fsp3) is 0.263. The SMILES string of the molecule is Cc1ccc(N2C[C@H](C)N(C(=O)c3cc(F)cc(Cl)c3)CC2=O)cc1. The molecule has 1 aliphatic rings. The van der Waals surface area contributed by atoms with Crippen LogP contribution in [0.4, 0.5) is 10.1 Å². The Kier molecular flexibility index (Phi) is 4.77. The molecular weight excluding hydrogens is 343 g/mol. The lowest BCUT2D eigenvalue weighted by Crippen LogP contribution is -2.57. The maximum absolute atomic E-state index is 13.5. The summed E-state index contributed by atoms with van der Waals surface area (Å²) in [6.07, 6.45) is 0. The highest BCUT2D eigenvalue weighted by Crippen LogP contribution is 2.23. The normalized spacial score (nSPS) is 17.8. The minimum atomic E-state index is -0.576. The number of rotatable bonds is 2. The molecule has 0 saturated carbocycles. The number of amides is 2. The molecule has 3 rings (SSSR count). The van der Waals surface area contributed by atoms with Crippen LogP contribution >= 0.6 is 11.6 Å². The number of piperazine rings is 1. The highest BCUT2D eigenvalue weighted by Gasteiger charge is 2.33. The lowest BCUT2D eigenvalue weighted by Gasteiger charge is -2.39. The van der Waals surface area contributed by atoms with E-state index >= 15 is 0 Å². The van der Waals surface area contributed by atoms with Crippen LogP contribution in [0.1, 0.15) is 22.8 Å². The van der Waals surface area contributed by atoms with Gasteiger partial charge in [-0.3, -0.25) is 9.59 Å². The fourth-order valence-electron chi connectivity index (χ4n) is 2.94. The minimum Gasteiger partial charge on any atom is -0.325 e. The first kappa shape index (κ1) is 17.4. The maximum Gasteiger partial charge on any atom is 0.254 e. The molecule has 2 aromatic carbocycles. The maximum atomic E-state index is 13.5. The molecule has 1 saturated heterocycles. The fourth-order valence-corrected chi connectivity index (χ4v) is 3.16. The molecule has 2 amide bonds. The topological polar surface area (TPSA) is 40.6 Å². The van der Waals surface area contributed by atoms with Gasteiger partial charge in [-0.25, -0.2) is 4.39 Å². The van der Waals surface area contributed by atoms with Gasteiger partial charge in [-0.1, -0.05) is 29.3 Å². The van der Waals surface area contributed by atoms with Gasteiger partial charge >= 0.3 is 0 Å². The van der Waals surface area contributed by atoms with E-state index < -0.39 is 11.7 Å². The predicted octanol–water partition coefficient (Wildman–Crippen LogP) is 3.67.